The van der Waals surface area contributed by atoms with Gasteiger partial charge in [-0.1, -0.05) is 19.4 Å². The van der Waals surface area contributed by atoms with Crippen molar-refractivity contribution in [2.75, 3.05) is 177 Å². The molecule has 1 saturated heterocycles. The lowest BCUT2D eigenvalue weighted by Gasteiger charge is -2.35. The number of nitrogens with zero attached hydrogens (tertiary/aromatic N) is 6. The number of rotatable bonds is 39. The summed E-state index contributed by atoms with van der Waals surface area (Å²) >= 11 is 0. The van der Waals surface area contributed by atoms with Crippen molar-refractivity contribution in [3.05, 3.63) is 34.2 Å². The first-order chi connectivity index (χ1) is 34.7. The van der Waals surface area contributed by atoms with Crippen molar-refractivity contribution < 1.29 is 82.5 Å². The predicted molar refractivity (Wildman–Crippen MR) is 257 cm³/mol. The maximum absolute atomic E-state index is 13.5. The molecule has 1 aliphatic rings. The Hall–Kier alpha value is -5.16. The summed E-state index contributed by atoms with van der Waals surface area (Å²) in [7, 11) is 0. The molecule has 1 aromatic rings. The molecule has 1 aliphatic heterocycles. The highest BCUT2D eigenvalue weighted by atomic mass is 16.5. The fourth-order valence-corrected chi connectivity index (χ4v) is 7.14. The number of aldehydes is 1. The number of pyridine rings is 1. The number of unbranched alkanes of at least 4 members (excludes halogenated alkanes) is 1. The molecule has 0 bridgehead atoms. The molecule has 410 valence electrons. The number of carbonyl (C=O) groups excluding carboxylic acids is 4. The van der Waals surface area contributed by atoms with Gasteiger partial charge in [0.05, 0.1) is 92.3 Å². The van der Waals surface area contributed by atoms with E-state index in [9.17, 15) is 58.9 Å². The van der Waals surface area contributed by atoms with Gasteiger partial charge in [-0.25, -0.2) is 0 Å². The minimum atomic E-state index is -1.21. The van der Waals surface area contributed by atoms with Crippen molar-refractivity contribution in [2.24, 2.45) is 0 Å². The first kappa shape index (κ1) is 63.0. The Bertz CT molecular complexity index is 1790. The van der Waals surface area contributed by atoms with Crippen LogP contribution in [0.15, 0.2) is 23.0 Å². The molecule has 2 heterocycles. The van der Waals surface area contributed by atoms with E-state index in [1.54, 1.807) is 19.6 Å². The van der Waals surface area contributed by atoms with E-state index in [0.717, 1.165) is 25.5 Å². The van der Waals surface area contributed by atoms with Crippen molar-refractivity contribution in [3.63, 3.8) is 0 Å². The number of hydrogen-bond acceptors (Lipinski definition) is 19. The van der Waals surface area contributed by atoms with Crippen molar-refractivity contribution >= 4 is 41.9 Å². The van der Waals surface area contributed by atoms with Crippen LogP contribution < -0.4 is 16.2 Å². The van der Waals surface area contributed by atoms with E-state index in [4.69, 9.17) is 28.4 Å². The zero-order valence-corrected chi connectivity index (χ0v) is 41.7. The summed E-state index contributed by atoms with van der Waals surface area (Å²) in [6, 6.07) is 2.48. The third-order valence-corrected chi connectivity index (χ3v) is 11.1. The second kappa shape index (κ2) is 39.4. The van der Waals surface area contributed by atoms with Gasteiger partial charge in [0.15, 0.2) is 0 Å². The van der Waals surface area contributed by atoms with Crippen LogP contribution in [-0.4, -0.2) is 275 Å². The minimum absolute atomic E-state index is 0.00406. The van der Waals surface area contributed by atoms with Gasteiger partial charge in [0.2, 0.25) is 11.8 Å². The number of nitrogens with one attached hydrogen (secondary N) is 2. The Morgan fingerprint density at radius 1 is 0.639 bits per heavy atom. The molecule has 26 heteroatoms. The number of carbonyl (C=O) groups is 7. The first-order valence-corrected chi connectivity index (χ1v) is 24.5. The van der Waals surface area contributed by atoms with Gasteiger partial charge in [-0.2, -0.15) is 0 Å². The van der Waals surface area contributed by atoms with E-state index in [-0.39, 0.29) is 167 Å². The summed E-state index contributed by atoms with van der Waals surface area (Å²) < 4.78 is 33.2. The lowest BCUT2D eigenvalue weighted by Crippen LogP contribution is -2.51. The van der Waals surface area contributed by atoms with Gasteiger partial charge in [-0.3, -0.25) is 53.2 Å². The lowest BCUT2D eigenvalue weighted by molar-refractivity contribution is -0.144. The van der Waals surface area contributed by atoms with Crippen LogP contribution in [0.2, 0.25) is 0 Å². The second-order valence-electron chi connectivity index (χ2n) is 16.6. The summed E-state index contributed by atoms with van der Waals surface area (Å²) in [5, 5.41) is 45.0. The van der Waals surface area contributed by atoms with E-state index >= 15 is 0 Å². The summed E-state index contributed by atoms with van der Waals surface area (Å²) in [6.45, 7) is 7.35. The molecular formula is C46H78N8O18. The highest BCUT2D eigenvalue weighted by molar-refractivity contribution is 5.92. The summed E-state index contributed by atoms with van der Waals surface area (Å²) in [5.74, 6) is -4.77. The van der Waals surface area contributed by atoms with Crippen molar-refractivity contribution in [2.45, 2.75) is 45.1 Å². The van der Waals surface area contributed by atoms with Gasteiger partial charge in [-0.05, 0) is 18.9 Å². The van der Waals surface area contributed by atoms with E-state index in [1.165, 1.54) is 17.0 Å². The van der Waals surface area contributed by atoms with E-state index in [0.29, 0.717) is 45.8 Å². The van der Waals surface area contributed by atoms with Crippen LogP contribution in [0.5, 0.6) is 0 Å². The summed E-state index contributed by atoms with van der Waals surface area (Å²) in [6.07, 6.45) is 2.67. The van der Waals surface area contributed by atoms with Gasteiger partial charge in [-0.15, -0.1) is 4.73 Å². The third kappa shape index (κ3) is 29.4. The van der Waals surface area contributed by atoms with Crippen LogP contribution >= 0.6 is 0 Å². The van der Waals surface area contributed by atoms with Gasteiger partial charge >= 0.3 is 17.9 Å². The quantitative estimate of drug-likeness (QED) is 0.0233. The highest BCUT2D eigenvalue weighted by Gasteiger charge is 2.29. The van der Waals surface area contributed by atoms with Gasteiger partial charge in [0.1, 0.15) is 18.0 Å². The van der Waals surface area contributed by atoms with Crippen LogP contribution in [0, 0.1) is 0 Å². The molecule has 72 heavy (non-hydrogen) atoms. The maximum Gasteiger partial charge on any atom is 0.320 e. The van der Waals surface area contributed by atoms with Crippen LogP contribution in [0.3, 0.4) is 0 Å². The normalized spacial score (nSPS) is 15.0. The van der Waals surface area contributed by atoms with Gasteiger partial charge < -0.3 is 69.3 Å². The Balaban J connectivity index is 1.80. The molecule has 26 nitrogen and oxygen atoms in total. The third-order valence-electron chi connectivity index (χ3n) is 11.1. The Kier molecular flexibility index (Phi) is 34.4. The Labute approximate surface area is 420 Å². The zero-order chi connectivity index (χ0) is 52.8. The molecule has 0 aromatic carbocycles. The van der Waals surface area contributed by atoms with E-state index in [1.807, 2.05) is 0 Å². The van der Waals surface area contributed by atoms with Crippen molar-refractivity contribution in [1.29, 1.82) is 0 Å². The van der Waals surface area contributed by atoms with Crippen molar-refractivity contribution in [3.8, 4) is 0 Å². The molecule has 3 amide bonds. The van der Waals surface area contributed by atoms with Gasteiger partial charge in [0.25, 0.3) is 11.5 Å². The number of aliphatic carboxylic acids is 3. The van der Waals surface area contributed by atoms with Crippen LogP contribution in [0.4, 0.5) is 0 Å². The SMILES string of the molecule is CCCCOCCOCCOCCC(=O)NCCOCCOCCOCCN(CCNC(=O)CCC(C(=O)O)N1CCN(CC=O)CCN(CC(=O)O)CCN(CC(=O)O)CC1)C(=O)c1cccc(=O)n1O. The van der Waals surface area contributed by atoms with Crippen molar-refractivity contribution in [1.82, 2.24) is 39.9 Å². The number of amides is 3. The fourth-order valence-electron chi connectivity index (χ4n) is 7.14. The van der Waals surface area contributed by atoms with Crippen LogP contribution in [-0.2, 0) is 57.2 Å². The van der Waals surface area contributed by atoms with Gasteiger partial charge in [0, 0.05) is 104 Å². The number of carboxylic acids is 3. The number of ether oxygens (including phenoxy) is 6. The molecule has 0 aliphatic carbocycles. The minimum Gasteiger partial charge on any atom is -0.480 e. The maximum atomic E-state index is 13.5. The number of hydrogen-bond donors (Lipinski definition) is 6. The zero-order valence-electron chi connectivity index (χ0n) is 41.7. The van der Waals surface area contributed by atoms with E-state index in [2.05, 4.69) is 17.6 Å². The lowest BCUT2D eigenvalue weighted by atomic mass is 10.1. The average molecular weight is 1030 g/mol. The molecular weight excluding hydrogens is 953 g/mol. The Morgan fingerprint density at radius 3 is 1.71 bits per heavy atom. The average Bonchev–Trinajstić information content (AvgIpc) is 3.33. The second-order valence-corrected chi connectivity index (χ2v) is 16.6. The topological polar surface area (TPSA) is 318 Å². The fraction of sp³-hybridized carbons (Fsp3) is 0.739. The standard InChI is InChI=1S/C46H78N8O18/c1-2-3-24-67-28-32-71-33-29-68-25-9-41(57)48-11-26-69-30-34-72-35-31-70-27-22-53(45(63)38-5-4-6-42(58)54(38)66)12-10-47-40(56)8-7-39(46(64)65)52-19-17-49(21-23-55)13-14-50(36-43(59)60)15-16-51(18-20-52)37-44(61)62/h4-6,23,39,66H,2-3,7-22,24-37H2,1H3,(H,47,56)(H,48,57)(H,59,60)(H,61,62)(H,64,65). The number of aromatic nitrogens is 1. The predicted octanol–water partition coefficient (Wildman–Crippen LogP) is -2.13. The van der Waals surface area contributed by atoms with Crippen LogP contribution in [0.1, 0.15) is 49.5 Å². The molecule has 0 radical (unpaired) electrons. The molecule has 1 aromatic heterocycles. The molecule has 1 fully saturated rings. The monoisotopic (exact) mass is 1030 g/mol. The summed E-state index contributed by atoms with van der Waals surface area (Å²) in [5.41, 5.74) is -1.14. The molecule has 1 unspecified atom stereocenters. The van der Waals surface area contributed by atoms with Crippen LogP contribution in [0.25, 0.3) is 0 Å². The Morgan fingerprint density at radius 2 is 1.14 bits per heavy atom. The molecule has 1 atom stereocenters. The van der Waals surface area contributed by atoms with E-state index < -0.39 is 41.3 Å². The smallest absolute Gasteiger partial charge is 0.320 e. The molecule has 6 N–H and O–H groups in total. The number of carboxylic acid groups (broad SMARTS) is 3. The molecule has 0 spiro atoms. The largest absolute Gasteiger partial charge is 0.480 e. The molecule has 0 saturated carbocycles. The first-order valence-electron chi connectivity index (χ1n) is 24.5. The highest BCUT2D eigenvalue weighted by Crippen LogP contribution is 2.11. The summed E-state index contributed by atoms with van der Waals surface area (Å²) in [4.78, 5) is 106. The molecule has 2 rings (SSSR count).